The lowest BCUT2D eigenvalue weighted by atomic mass is 10.1. The highest BCUT2D eigenvalue weighted by Crippen LogP contribution is 2.32. The first kappa shape index (κ1) is 101. The lowest BCUT2D eigenvalue weighted by molar-refractivity contribution is -0.106. The van der Waals surface area contributed by atoms with Crippen molar-refractivity contribution >= 4 is 60.5 Å². The van der Waals surface area contributed by atoms with Gasteiger partial charge in [-0.3, -0.25) is 24.0 Å². The first-order chi connectivity index (χ1) is 60.1. The Morgan fingerprint density at radius 1 is 0.240 bits per heavy atom. The number of hydrogen-bond donors (Lipinski definition) is 20. The number of hydrogen-bond acceptors (Lipinski definition) is 25. The summed E-state index contributed by atoms with van der Waals surface area (Å²) < 4.78 is 25.7. The van der Waals surface area contributed by atoms with Crippen molar-refractivity contribution in [1.82, 2.24) is 26.6 Å². The highest BCUT2D eigenvalue weighted by atomic mass is 16.5. The van der Waals surface area contributed by atoms with Gasteiger partial charge in [0.05, 0.1) is 94.5 Å². The predicted molar refractivity (Wildman–Crippen MR) is 485 cm³/mol. The highest BCUT2D eigenvalue weighted by Gasteiger charge is 2.20. The Bertz CT molecular complexity index is 4140. The molecule has 0 bridgehead atoms. The van der Waals surface area contributed by atoms with Gasteiger partial charge in [-0.1, -0.05) is 91.0 Å². The van der Waals surface area contributed by atoms with E-state index in [-0.39, 0.29) is 87.4 Å². The summed E-state index contributed by atoms with van der Waals surface area (Å²) in [5.41, 5.74) is 10.4. The van der Waals surface area contributed by atoms with Gasteiger partial charge < -0.3 is 128 Å². The minimum absolute atomic E-state index is 0.0381. The topological polar surface area (TPSA) is 454 Å². The number of aromatic hydroxyl groups is 5. The number of rotatable bonds is 45. The van der Waals surface area contributed by atoms with Crippen LogP contribution in [-0.2, 0) is 56.1 Å². The summed E-state index contributed by atoms with van der Waals surface area (Å²) in [5, 5.41) is 128. The third-order valence-corrected chi connectivity index (χ3v) is 19.9. The monoisotopic (exact) mass is 1720 g/mol. The molecule has 0 radical (unpaired) electrons. The molecule has 0 aliphatic rings. The van der Waals surface area contributed by atoms with Gasteiger partial charge in [0.1, 0.15) is 57.5 Å². The third-order valence-electron chi connectivity index (χ3n) is 19.9. The van der Waals surface area contributed by atoms with Crippen molar-refractivity contribution in [1.29, 1.82) is 0 Å². The quantitative estimate of drug-likeness (QED) is 0.0124. The number of phenols is 5. The second kappa shape index (κ2) is 54.6. The number of aliphatic hydroxyl groups excluding tert-OH is 5. The van der Waals surface area contributed by atoms with Crippen LogP contribution < -0.4 is 76.9 Å². The summed E-state index contributed by atoms with van der Waals surface area (Å²) in [6.45, 7) is 12.1. The first-order valence-corrected chi connectivity index (χ1v) is 40.5. The van der Waals surface area contributed by atoms with Crippen LogP contribution in [0.1, 0.15) is 121 Å². The van der Waals surface area contributed by atoms with Crippen LogP contribution in [0.5, 0.6) is 57.5 Å². The van der Waals surface area contributed by atoms with Crippen molar-refractivity contribution in [3.05, 3.63) is 268 Å². The van der Waals surface area contributed by atoms with E-state index in [2.05, 4.69) is 53.2 Å². The Morgan fingerprint density at radius 2 is 0.384 bits per heavy atom. The van der Waals surface area contributed by atoms with Gasteiger partial charge in [-0.05, 0) is 244 Å². The van der Waals surface area contributed by atoms with Gasteiger partial charge in [-0.15, -0.1) is 0 Å². The zero-order chi connectivity index (χ0) is 91.2. The molecule has 0 fully saturated rings. The van der Waals surface area contributed by atoms with Crippen molar-refractivity contribution in [3.8, 4) is 57.5 Å². The van der Waals surface area contributed by atoms with Gasteiger partial charge in [0.2, 0.25) is 32.1 Å². The molecular formula is C95H120N10O20. The fraction of sp³-hybridized carbons (Fsp3) is 0.316. The molecule has 0 spiro atoms. The van der Waals surface area contributed by atoms with E-state index in [9.17, 15) is 75.0 Å². The summed E-state index contributed by atoms with van der Waals surface area (Å²) in [6.07, 6.45) is 2.83. The van der Waals surface area contributed by atoms with Gasteiger partial charge in [0, 0.05) is 62.9 Å². The Balaban J connectivity index is 0.000000241. The zero-order valence-corrected chi connectivity index (χ0v) is 72.0. The van der Waals surface area contributed by atoms with Crippen molar-refractivity contribution in [2.45, 2.75) is 127 Å². The minimum atomic E-state index is -0.744. The summed E-state index contributed by atoms with van der Waals surface area (Å²) >= 11 is 0. The lowest BCUT2D eigenvalue weighted by Gasteiger charge is -2.18. The molecule has 20 N–H and O–H groups in total. The molecule has 0 heterocycles. The molecule has 5 amide bonds. The maximum Gasteiger partial charge on any atom is 0.211 e. The summed E-state index contributed by atoms with van der Waals surface area (Å²) in [6, 6.07) is 63.5. The van der Waals surface area contributed by atoms with Crippen LogP contribution in [0.4, 0.5) is 28.4 Å². The van der Waals surface area contributed by atoms with E-state index in [0.29, 0.717) is 92.6 Å². The van der Waals surface area contributed by atoms with E-state index in [0.717, 1.165) is 60.9 Å². The maximum absolute atomic E-state index is 10.5. The van der Waals surface area contributed by atoms with Gasteiger partial charge in [-0.25, -0.2) is 0 Å². The summed E-state index contributed by atoms with van der Waals surface area (Å²) in [5.74, 6) is 3.94. The number of carbonyl (C=O) groups is 5. The molecule has 0 saturated heterocycles. The normalized spacial score (nSPS) is 13.1. The van der Waals surface area contributed by atoms with Gasteiger partial charge >= 0.3 is 0 Å². The number of methoxy groups -OCH3 is 5. The average Bonchev–Trinajstić information content (AvgIpc) is 0.865. The van der Waals surface area contributed by atoms with Crippen LogP contribution in [0.3, 0.4) is 0 Å². The Morgan fingerprint density at radius 3 is 0.512 bits per heavy atom. The van der Waals surface area contributed by atoms with Gasteiger partial charge in [0.15, 0.2) is 0 Å². The first-order valence-electron chi connectivity index (χ1n) is 40.5. The third kappa shape index (κ3) is 35.9. The largest absolute Gasteiger partial charge is 0.506 e. The van der Waals surface area contributed by atoms with Crippen LogP contribution in [0.2, 0.25) is 0 Å². The SMILES string of the molecule is COc1ccc(C[C@H](C)NC[C@@H](O)c2ccc(O)c(NC=O)c2)cc1.COc1ccc(C[C@H](C)NC[C@@H](O)c2ccc(O)c(NC=O)c2)cc1.COc1ccc(C[C@H](C)NC[C@@H](O)c2ccc(O)c(NC=O)c2)cc1.COc1ccc(C[C@H](C)NC[C@@H](O)c2ccc(O)c(NC=O)c2)cc1.COc1ccc(C[C@H](C)NC[C@@H](O)c2ccc(O)c(NC=O)c2)cc1. The zero-order valence-electron chi connectivity index (χ0n) is 72.0. The van der Waals surface area contributed by atoms with Crippen LogP contribution in [0, 0.1) is 0 Å². The van der Waals surface area contributed by atoms with Crippen LogP contribution in [-0.4, -0.2) is 182 Å². The number of nitrogens with one attached hydrogen (secondary N) is 10. The molecule has 670 valence electrons. The van der Waals surface area contributed by atoms with E-state index in [4.69, 9.17) is 23.7 Å². The molecule has 30 nitrogen and oxygen atoms in total. The van der Waals surface area contributed by atoms with Crippen LogP contribution >= 0.6 is 0 Å². The standard InChI is InChI=1S/5C19H24N2O4/c5*1-13(9-14-3-6-16(25-2)7-4-14)20-11-19(24)15-5-8-18(23)17(10-15)21-12-22/h5*3-8,10,12-13,19-20,23-24H,9,11H2,1-2H3,(H,21,22)/t5*13-,19+/m00000/s1. The van der Waals surface area contributed by atoms with Crippen LogP contribution in [0.25, 0.3) is 0 Å². The molecule has 0 aliphatic heterocycles. The molecule has 10 atom stereocenters. The molecule has 30 heteroatoms. The molecular weight excluding hydrogens is 1600 g/mol. The molecule has 0 aromatic heterocycles. The fourth-order valence-electron chi connectivity index (χ4n) is 12.8. The van der Waals surface area contributed by atoms with E-state index < -0.39 is 30.5 Å². The van der Waals surface area contributed by atoms with Crippen molar-refractivity contribution < 1.29 is 98.7 Å². The average molecular weight is 1720 g/mol. The Kier molecular flexibility index (Phi) is 44.1. The second-order valence-corrected chi connectivity index (χ2v) is 29.6. The molecule has 0 unspecified atom stereocenters. The maximum atomic E-state index is 10.5. The minimum Gasteiger partial charge on any atom is -0.506 e. The van der Waals surface area contributed by atoms with E-state index in [1.807, 2.05) is 156 Å². The number of phenolic OH excluding ortho intramolecular Hbond substituents is 5. The smallest absolute Gasteiger partial charge is 0.211 e. The number of aliphatic hydroxyl groups is 5. The molecule has 125 heavy (non-hydrogen) atoms. The predicted octanol–water partition coefficient (Wildman–Crippen LogP) is 11.1. The number of anilines is 5. The number of ether oxygens (including phenoxy) is 5. The Hall–Kier alpha value is -12.9. The van der Waals surface area contributed by atoms with Crippen molar-refractivity contribution in [2.75, 3.05) is 94.9 Å². The molecule has 10 aromatic rings. The van der Waals surface area contributed by atoms with Gasteiger partial charge in [-0.2, -0.15) is 0 Å². The molecule has 10 rings (SSSR count). The summed E-state index contributed by atoms with van der Waals surface area (Å²) in [7, 11) is 8.19. The van der Waals surface area contributed by atoms with E-state index >= 15 is 0 Å². The number of carbonyl (C=O) groups excluding carboxylic acids is 5. The van der Waals surface area contributed by atoms with E-state index in [1.54, 1.807) is 96.2 Å². The van der Waals surface area contributed by atoms with Crippen molar-refractivity contribution in [3.63, 3.8) is 0 Å². The van der Waals surface area contributed by atoms with E-state index in [1.165, 1.54) is 58.1 Å². The molecule has 0 aliphatic carbocycles. The lowest BCUT2D eigenvalue weighted by Crippen LogP contribution is -2.32. The Labute approximate surface area is 730 Å². The van der Waals surface area contributed by atoms with Gasteiger partial charge in [0.25, 0.3) is 0 Å². The van der Waals surface area contributed by atoms with Crippen LogP contribution in [0.15, 0.2) is 212 Å². The number of benzene rings is 10. The number of amides is 5. The molecule has 0 saturated carbocycles. The summed E-state index contributed by atoms with van der Waals surface area (Å²) in [4.78, 5) is 52.7. The second-order valence-electron chi connectivity index (χ2n) is 29.6. The molecule has 10 aromatic carbocycles. The van der Waals surface area contributed by atoms with Crippen molar-refractivity contribution in [2.24, 2.45) is 0 Å². The highest BCUT2D eigenvalue weighted by molar-refractivity contribution is 5.78. The fourth-order valence-corrected chi connectivity index (χ4v) is 12.8.